The monoisotopic (exact) mass is 159 g/mol. The molecule has 1 aliphatic rings. The van der Waals surface area contributed by atoms with E-state index in [1.54, 1.807) is 0 Å². The molecule has 0 unspecified atom stereocenters. The summed E-state index contributed by atoms with van der Waals surface area (Å²) in [6.07, 6.45) is 0.537. The smallest absolute Gasteiger partial charge is 0.0828 e. The van der Waals surface area contributed by atoms with Crippen molar-refractivity contribution in [3.63, 3.8) is 0 Å². The maximum Gasteiger partial charge on any atom is 0.0828 e. The van der Waals surface area contributed by atoms with Crippen molar-refractivity contribution < 1.29 is 4.74 Å². The van der Waals surface area contributed by atoms with Gasteiger partial charge in [0.05, 0.1) is 6.10 Å². The Morgan fingerprint density at radius 3 is 2.18 bits per heavy atom. The number of likely N-dealkylation sites (N-methyl/N-ethyl adjacent to an activating group) is 1. The molecule has 0 atom stereocenters. The Balaban J connectivity index is 0.000000461. The summed E-state index contributed by atoms with van der Waals surface area (Å²) in [4.78, 5) is 2.38. The molecular formula is C9H21NO. The number of hydrogen-bond donors (Lipinski definition) is 0. The van der Waals surface area contributed by atoms with Crippen molar-refractivity contribution in [2.45, 2.75) is 33.8 Å². The summed E-state index contributed by atoms with van der Waals surface area (Å²) in [6, 6.07) is 0. The lowest BCUT2D eigenvalue weighted by Crippen LogP contribution is -2.51. The van der Waals surface area contributed by atoms with E-state index in [0.29, 0.717) is 6.10 Å². The molecule has 1 fully saturated rings. The number of hydrogen-bond acceptors (Lipinski definition) is 2. The van der Waals surface area contributed by atoms with Crippen molar-refractivity contribution in [1.29, 1.82) is 0 Å². The van der Waals surface area contributed by atoms with Gasteiger partial charge in [-0.1, -0.05) is 20.8 Å². The second kappa shape index (κ2) is 6.62. The maximum atomic E-state index is 5.37. The predicted octanol–water partition coefficient (Wildman–Crippen LogP) is 1.75. The van der Waals surface area contributed by atoms with Crippen molar-refractivity contribution in [2.75, 3.05) is 26.2 Å². The Hall–Kier alpha value is -0.0800. The lowest BCUT2D eigenvalue weighted by atomic mass is 10.2. The van der Waals surface area contributed by atoms with Gasteiger partial charge in [0.2, 0.25) is 0 Å². The summed E-state index contributed by atoms with van der Waals surface area (Å²) in [5, 5.41) is 0. The molecule has 0 radical (unpaired) electrons. The molecule has 0 spiro atoms. The lowest BCUT2D eigenvalue weighted by Gasteiger charge is -2.37. The summed E-state index contributed by atoms with van der Waals surface area (Å²) in [5.74, 6) is 0. The van der Waals surface area contributed by atoms with Gasteiger partial charge in [0.1, 0.15) is 0 Å². The van der Waals surface area contributed by atoms with Crippen molar-refractivity contribution >= 4 is 0 Å². The van der Waals surface area contributed by atoms with Gasteiger partial charge in [-0.3, -0.25) is 4.90 Å². The second-order valence-electron chi connectivity index (χ2n) is 2.43. The first kappa shape index (κ1) is 10.9. The fourth-order valence-corrected chi connectivity index (χ4v) is 1.12. The minimum absolute atomic E-state index is 0.537. The highest BCUT2D eigenvalue weighted by Crippen LogP contribution is 2.09. The maximum absolute atomic E-state index is 5.37. The molecule has 1 saturated heterocycles. The van der Waals surface area contributed by atoms with Gasteiger partial charge in [-0.2, -0.15) is 0 Å². The van der Waals surface area contributed by atoms with Crippen molar-refractivity contribution in [2.24, 2.45) is 0 Å². The van der Waals surface area contributed by atoms with Gasteiger partial charge in [0.25, 0.3) is 0 Å². The van der Waals surface area contributed by atoms with Gasteiger partial charge in [-0.05, 0) is 13.5 Å². The van der Waals surface area contributed by atoms with Crippen LogP contribution in [0.5, 0.6) is 0 Å². The number of ether oxygens (including phenoxy) is 1. The summed E-state index contributed by atoms with van der Waals surface area (Å²) >= 11 is 0. The van der Waals surface area contributed by atoms with Crippen LogP contribution < -0.4 is 0 Å². The van der Waals surface area contributed by atoms with Crippen molar-refractivity contribution in [3.8, 4) is 0 Å². The third-order valence-electron chi connectivity index (χ3n) is 1.77. The third kappa shape index (κ3) is 3.73. The average Bonchev–Trinajstić information content (AvgIpc) is 2.00. The van der Waals surface area contributed by atoms with E-state index in [-0.39, 0.29) is 0 Å². The van der Waals surface area contributed by atoms with Gasteiger partial charge in [0.15, 0.2) is 0 Å². The second-order valence-corrected chi connectivity index (χ2v) is 2.43. The molecule has 0 N–H and O–H groups in total. The highest BCUT2D eigenvalue weighted by atomic mass is 16.5. The summed E-state index contributed by atoms with van der Waals surface area (Å²) in [7, 11) is 0. The van der Waals surface area contributed by atoms with E-state index >= 15 is 0 Å². The van der Waals surface area contributed by atoms with Crippen LogP contribution in [0.4, 0.5) is 0 Å². The van der Waals surface area contributed by atoms with Crippen LogP contribution in [0.15, 0.2) is 0 Å². The molecule has 1 rings (SSSR count). The molecule has 2 heteroatoms. The zero-order valence-corrected chi connectivity index (χ0v) is 8.26. The fourth-order valence-electron chi connectivity index (χ4n) is 1.12. The Bertz CT molecular complexity index is 79.6. The lowest BCUT2D eigenvalue weighted by molar-refractivity contribution is -0.0470. The number of rotatable bonds is 3. The molecule has 0 bridgehead atoms. The normalized spacial score (nSPS) is 18.5. The van der Waals surface area contributed by atoms with Gasteiger partial charge in [-0.25, -0.2) is 0 Å². The highest BCUT2D eigenvalue weighted by Gasteiger charge is 2.24. The largest absolute Gasteiger partial charge is 0.376 e. The van der Waals surface area contributed by atoms with E-state index in [1.165, 1.54) is 6.54 Å². The van der Waals surface area contributed by atoms with E-state index in [9.17, 15) is 0 Å². The first-order chi connectivity index (χ1) is 5.36. The highest BCUT2D eigenvalue weighted by molar-refractivity contribution is 4.78. The van der Waals surface area contributed by atoms with Crippen LogP contribution in [0.25, 0.3) is 0 Å². The Kier molecular flexibility index (Phi) is 6.57. The standard InChI is InChI=1S/C7H15NO.C2H6/c1-3-8-5-7(6-8)9-4-2;1-2/h7H,3-6H2,1-2H3;1-2H3. The molecule has 0 saturated carbocycles. The van der Waals surface area contributed by atoms with Gasteiger partial charge >= 0.3 is 0 Å². The SMILES string of the molecule is CC.CCOC1CN(CC)C1. The summed E-state index contributed by atoms with van der Waals surface area (Å²) < 4.78 is 5.37. The predicted molar refractivity (Wildman–Crippen MR) is 48.9 cm³/mol. The van der Waals surface area contributed by atoms with E-state index in [2.05, 4.69) is 18.7 Å². The van der Waals surface area contributed by atoms with Crippen LogP contribution in [0.3, 0.4) is 0 Å². The zero-order chi connectivity index (χ0) is 8.69. The fraction of sp³-hybridized carbons (Fsp3) is 1.00. The Morgan fingerprint density at radius 1 is 1.27 bits per heavy atom. The van der Waals surface area contributed by atoms with Crippen LogP contribution in [-0.2, 0) is 4.74 Å². The van der Waals surface area contributed by atoms with Crippen LogP contribution >= 0.6 is 0 Å². The van der Waals surface area contributed by atoms with E-state index in [1.807, 2.05) is 13.8 Å². The molecule has 1 heterocycles. The average molecular weight is 159 g/mol. The van der Waals surface area contributed by atoms with Crippen LogP contribution in [-0.4, -0.2) is 37.2 Å². The molecule has 68 valence electrons. The minimum atomic E-state index is 0.537. The van der Waals surface area contributed by atoms with E-state index in [4.69, 9.17) is 4.74 Å². The molecule has 11 heavy (non-hydrogen) atoms. The first-order valence-corrected chi connectivity index (χ1v) is 4.70. The summed E-state index contributed by atoms with van der Waals surface area (Å²) in [5.41, 5.74) is 0. The molecule has 0 aromatic heterocycles. The molecule has 0 aliphatic carbocycles. The molecule has 0 aromatic rings. The summed E-state index contributed by atoms with van der Waals surface area (Å²) in [6.45, 7) is 12.6. The van der Waals surface area contributed by atoms with Crippen molar-refractivity contribution in [3.05, 3.63) is 0 Å². The zero-order valence-electron chi connectivity index (χ0n) is 8.26. The Labute approximate surface area is 70.5 Å². The quantitative estimate of drug-likeness (QED) is 0.622. The molecule has 2 nitrogen and oxygen atoms in total. The van der Waals surface area contributed by atoms with Crippen LogP contribution in [0, 0.1) is 0 Å². The third-order valence-corrected chi connectivity index (χ3v) is 1.77. The minimum Gasteiger partial charge on any atom is -0.376 e. The Morgan fingerprint density at radius 2 is 1.82 bits per heavy atom. The van der Waals surface area contributed by atoms with Gasteiger partial charge < -0.3 is 4.74 Å². The number of likely N-dealkylation sites (tertiary alicyclic amines) is 1. The van der Waals surface area contributed by atoms with Crippen LogP contribution in [0.2, 0.25) is 0 Å². The molecular weight excluding hydrogens is 138 g/mol. The van der Waals surface area contributed by atoms with Crippen molar-refractivity contribution in [1.82, 2.24) is 4.90 Å². The molecule has 1 aliphatic heterocycles. The first-order valence-electron chi connectivity index (χ1n) is 4.70. The topological polar surface area (TPSA) is 12.5 Å². The van der Waals surface area contributed by atoms with Crippen LogP contribution in [0.1, 0.15) is 27.7 Å². The van der Waals surface area contributed by atoms with Gasteiger partial charge in [0, 0.05) is 19.7 Å². The van der Waals surface area contributed by atoms with E-state index < -0.39 is 0 Å². The van der Waals surface area contributed by atoms with E-state index in [0.717, 1.165) is 19.7 Å². The van der Waals surface area contributed by atoms with Gasteiger partial charge in [-0.15, -0.1) is 0 Å². The molecule has 0 amide bonds. The number of nitrogens with zero attached hydrogens (tertiary/aromatic N) is 1. The molecule has 0 aromatic carbocycles.